The normalized spacial score (nSPS) is 23.0. The number of benzene rings is 1. The third-order valence-electron chi connectivity index (χ3n) is 3.80. The number of aliphatic hydroxyl groups excluding tert-OH is 1. The molecular formula is C15H15F3N2O. The first kappa shape index (κ1) is 14.2. The van der Waals surface area contributed by atoms with E-state index in [0.29, 0.717) is 11.6 Å². The fourth-order valence-corrected chi connectivity index (χ4v) is 2.42. The van der Waals surface area contributed by atoms with Gasteiger partial charge in [0.05, 0.1) is 5.57 Å². The van der Waals surface area contributed by atoms with Crippen molar-refractivity contribution in [2.24, 2.45) is 0 Å². The van der Waals surface area contributed by atoms with Gasteiger partial charge in [0.25, 0.3) is 0 Å². The molecule has 1 unspecified atom stereocenters. The zero-order valence-electron chi connectivity index (χ0n) is 11.1. The highest BCUT2D eigenvalue weighted by Gasteiger charge is 2.34. The Balaban J connectivity index is 1.76. The molecule has 2 N–H and O–H groups in total. The highest BCUT2D eigenvalue weighted by Crippen LogP contribution is 2.32. The molecule has 0 spiro atoms. The van der Waals surface area contributed by atoms with E-state index < -0.39 is 18.0 Å². The molecule has 2 heterocycles. The number of anilines is 1. The van der Waals surface area contributed by atoms with Gasteiger partial charge in [0.15, 0.2) is 6.23 Å². The van der Waals surface area contributed by atoms with Gasteiger partial charge in [-0.2, -0.15) is 13.2 Å². The summed E-state index contributed by atoms with van der Waals surface area (Å²) in [6.07, 6.45) is -2.72. The summed E-state index contributed by atoms with van der Waals surface area (Å²) in [4.78, 5) is 1.40. The van der Waals surface area contributed by atoms with Crippen LogP contribution in [-0.4, -0.2) is 30.6 Å². The van der Waals surface area contributed by atoms with Crippen LogP contribution in [0.1, 0.15) is 11.5 Å². The molecule has 6 heteroatoms. The molecule has 112 valence electrons. The molecule has 1 atom stereocenters. The SMILES string of the molecule is OC1C=C(C(F)(F)F)C=CN1c1ccc(C2CNC2)cc1. The molecular weight excluding hydrogens is 281 g/mol. The van der Waals surface area contributed by atoms with Gasteiger partial charge in [0.2, 0.25) is 0 Å². The summed E-state index contributed by atoms with van der Waals surface area (Å²) in [5.41, 5.74) is 1.02. The van der Waals surface area contributed by atoms with Crippen molar-refractivity contribution in [1.29, 1.82) is 0 Å². The average Bonchev–Trinajstić information content (AvgIpc) is 2.37. The number of halogens is 3. The minimum atomic E-state index is -4.44. The number of hydrogen-bond donors (Lipinski definition) is 2. The van der Waals surface area contributed by atoms with Crippen LogP contribution in [0.15, 0.2) is 48.2 Å². The van der Waals surface area contributed by atoms with Crippen LogP contribution in [0.3, 0.4) is 0 Å². The molecule has 0 bridgehead atoms. The van der Waals surface area contributed by atoms with Crippen molar-refractivity contribution in [2.45, 2.75) is 18.3 Å². The summed E-state index contributed by atoms with van der Waals surface area (Å²) in [5.74, 6) is 0.498. The Bertz CT molecular complexity index is 574. The predicted molar refractivity (Wildman–Crippen MR) is 73.8 cm³/mol. The molecule has 2 aliphatic rings. The molecule has 1 aromatic rings. The quantitative estimate of drug-likeness (QED) is 0.880. The highest BCUT2D eigenvalue weighted by molar-refractivity contribution is 5.54. The molecule has 0 aromatic heterocycles. The molecule has 3 rings (SSSR count). The number of hydrogen-bond acceptors (Lipinski definition) is 3. The summed E-state index contributed by atoms with van der Waals surface area (Å²) in [5, 5.41) is 13.1. The van der Waals surface area contributed by atoms with Crippen molar-refractivity contribution in [3.8, 4) is 0 Å². The Morgan fingerprint density at radius 3 is 2.29 bits per heavy atom. The molecule has 3 nitrogen and oxygen atoms in total. The number of nitrogens with one attached hydrogen (secondary N) is 1. The molecule has 0 saturated carbocycles. The van der Waals surface area contributed by atoms with Crippen LogP contribution in [0.5, 0.6) is 0 Å². The molecule has 1 fully saturated rings. The Hall–Kier alpha value is -1.79. The van der Waals surface area contributed by atoms with Crippen LogP contribution in [-0.2, 0) is 0 Å². The van der Waals surface area contributed by atoms with Crippen molar-refractivity contribution in [3.63, 3.8) is 0 Å². The van der Waals surface area contributed by atoms with E-state index in [0.717, 1.165) is 25.2 Å². The molecule has 0 radical (unpaired) electrons. The second-order valence-electron chi connectivity index (χ2n) is 5.20. The first-order valence-electron chi connectivity index (χ1n) is 6.69. The van der Waals surface area contributed by atoms with Crippen LogP contribution < -0.4 is 10.2 Å². The molecule has 0 aliphatic carbocycles. The Kier molecular flexibility index (Phi) is 3.51. The summed E-state index contributed by atoms with van der Waals surface area (Å²) in [6.45, 7) is 1.90. The standard InChI is InChI=1S/C15H15F3N2O/c16-15(17,18)12-5-6-20(14(21)7-12)13-3-1-10(2-4-13)11-8-19-9-11/h1-7,11,14,19,21H,8-9H2. The number of nitrogens with zero attached hydrogens (tertiary/aromatic N) is 1. The minimum Gasteiger partial charge on any atom is -0.370 e. The van der Waals surface area contributed by atoms with Gasteiger partial charge in [-0.05, 0) is 29.8 Å². The van der Waals surface area contributed by atoms with Gasteiger partial charge in [0, 0.05) is 30.9 Å². The lowest BCUT2D eigenvalue weighted by Gasteiger charge is -2.30. The van der Waals surface area contributed by atoms with Gasteiger partial charge in [-0.25, -0.2) is 0 Å². The topological polar surface area (TPSA) is 35.5 Å². The van der Waals surface area contributed by atoms with Gasteiger partial charge in [-0.3, -0.25) is 0 Å². The van der Waals surface area contributed by atoms with E-state index in [9.17, 15) is 18.3 Å². The first-order chi connectivity index (χ1) is 9.95. The van der Waals surface area contributed by atoms with E-state index in [1.807, 2.05) is 24.3 Å². The van der Waals surface area contributed by atoms with Crippen LogP contribution in [0.2, 0.25) is 0 Å². The van der Waals surface area contributed by atoms with Crippen molar-refractivity contribution in [3.05, 3.63) is 53.8 Å². The maximum Gasteiger partial charge on any atom is 0.416 e. The third-order valence-corrected chi connectivity index (χ3v) is 3.80. The van der Waals surface area contributed by atoms with Crippen molar-refractivity contribution in [2.75, 3.05) is 18.0 Å². The Labute approximate surface area is 120 Å². The summed E-state index contributed by atoms with van der Waals surface area (Å²) in [6, 6.07) is 7.52. The second-order valence-corrected chi connectivity index (χ2v) is 5.20. The van der Waals surface area contributed by atoms with Gasteiger partial charge < -0.3 is 15.3 Å². The Morgan fingerprint density at radius 2 is 1.81 bits per heavy atom. The first-order valence-corrected chi connectivity index (χ1v) is 6.69. The number of rotatable bonds is 2. The van der Waals surface area contributed by atoms with Gasteiger partial charge in [0.1, 0.15) is 0 Å². The van der Waals surface area contributed by atoms with Crippen LogP contribution in [0.25, 0.3) is 0 Å². The summed E-state index contributed by atoms with van der Waals surface area (Å²) in [7, 11) is 0. The van der Waals surface area contributed by atoms with E-state index in [2.05, 4.69) is 5.32 Å². The van der Waals surface area contributed by atoms with Gasteiger partial charge in [-0.15, -0.1) is 0 Å². The fraction of sp³-hybridized carbons (Fsp3) is 0.333. The highest BCUT2D eigenvalue weighted by atomic mass is 19.4. The molecule has 0 amide bonds. The number of alkyl halides is 3. The zero-order valence-corrected chi connectivity index (χ0v) is 11.1. The number of allylic oxidation sites excluding steroid dienone is 2. The maximum absolute atomic E-state index is 12.6. The monoisotopic (exact) mass is 296 g/mol. The smallest absolute Gasteiger partial charge is 0.370 e. The Morgan fingerprint density at radius 1 is 1.14 bits per heavy atom. The van der Waals surface area contributed by atoms with E-state index in [4.69, 9.17) is 0 Å². The van der Waals surface area contributed by atoms with Gasteiger partial charge >= 0.3 is 6.18 Å². The van der Waals surface area contributed by atoms with E-state index in [1.165, 1.54) is 16.7 Å². The summed E-state index contributed by atoms with van der Waals surface area (Å²) >= 11 is 0. The van der Waals surface area contributed by atoms with Gasteiger partial charge in [-0.1, -0.05) is 12.1 Å². The van der Waals surface area contributed by atoms with Crippen LogP contribution in [0.4, 0.5) is 18.9 Å². The second kappa shape index (κ2) is 5.20. The van der Waals surface area contributed by atoms with E-state index in [-0.39, 0.29) is 0 Å². The average molecular weight is 296 g/mol. The molecule has 21 heavy (non-hydrogen) atoms. The minimum absolute atomic E-state index is 0.498. The van der Waals surface area contributed by atoms with Crippen molar-refractivity contribution < 1.29 is 18.3 Å². The number of aliphatic hydroxyl groups is 1. The third kappa shape index (κ3) is 2.82. The predicted octanol–water partition coefficient (Wildman–Crippen LogP) is 2.51. The van der Waals surface area contributed by atoms with Crippen LogP contribution >= 0.6 is 0 Å². The zero-order chi connectivity index (χ0) is 15.0. The largest absolute Gasteiger partial charge is 0.416 e. The van der Waals surface area contributed by atoms with Crippen LogP contribution in [0, 0.1) is 0 Å². The van der Waals surface area contributed by atoms with E-state index >= 15 is 0 Å². The molecule has 1 saturated heterocycles. The maximum atomic E-state index is 12.6. The summed E-state index contributed by atoms with van der Waals surface area (Å²) < 4.78 is 37.7. The lowest BCUT2D eigenvalue weighted by molar-refractivity contribution is -0.0893. The van der Waals surface area contributed by atoms with Crippen molar-refractivity contribution in [1.82, 2.24) is 5.32 Å². The molecule has 1 aromatic carbocycles. The van der Waals surface area contributed by atoms with E-state index in [1.54, 1.807) is 0 Å². The fourth-order valence-electron chi connectivity index (χ4n) is 2.42. The van der Waals surface area contributed by atoms with Crippen molar-refractivity contribution >= 4 is 5.69 Å². The lowest BCUT2D eigenvalue weighted by atomic mass is 9.93. The lowest BCUT2D eigenvalue weighted by Crippen LogP contribution is -2.39. The molecule has 2 aliphatic heterocycles.